The molecule has 0 atom stereocenters. The first-order valence-electron chi connectivity index (χ1n) is 10.3. The van der Waals surface area contributed by atoms with Crippen molar-refractivity contribution in [1.29, 1.82) is 0 Å². The summed E-state index contributed by atoms with van der Waals surface area (Å²) in [7, 11) is 0. The highest BCUT2D eigenvalue weighted by atomic mass is 14.0. The van der Waals surface area contributed by atoms with E-state index >= 15 is 0 Å². The van der Waals surface area contributed by atoms with E-state index in [2.05, 4.69) is 26.3 Å². The standard InChI is InChI=1S/C24H42/c1-5-23(3)21-19-17-15-13-11-9-7-8-10-12-14-16-18-20-22-24(4)6-2/h5-6H,1-4,7-22H2. The molecule has 0 spiro atoms. The summed E-state index contributed by atoms with van der Waals surface area (Å²) in [6, 6.07) is 0. The molecular formula is C24H42. The van der Waals surface area contributed by atoms with Gasteiger partial charge < -0.3 is 0 Å². The van der Waals surface area contributed by atoms with Crippen molar-refractivity contribution in [3.05, 3.63) is 49.6 Å². The molecule has 0 aliphatic heterocycles. The Kier molecular flexibility index (Phi) is 17.5. The van der Waals surface area contributed by atoms with Crippen LogP contribution in [0.1, 0.15) is 103 Å². The van der Waals surface area contributed by atoms with Gasteiger partial charge in [-0.15, -0.1) is 0 Å². The summed E-state index contributed by atoms with van der Waals surface area (Å²) >= 11 is 0. The van der Waals surface area contributed by atoms with Gasteiger partial charge in [0, 0.05) is 0 Å². The molecule has 0 radical (unpaired) electrons. The lowest BCUT2D eigenvalue weighted by molar-refractivity contribution is 0.533. The van der Waals surface area contributed by atoms with E-state index < -0.39 is 0 Å². The van der Waals surface area contributed by atoms with Crippen LogP contribution in [0.4, 0.5) is 0 Å². The number of hydrogen-bond acceptors (Lipinski definition) is 0. The predicted molar refractivity (Wildman–Crippen MR) is 113 cm³/mol. The first kappa shape index (κ1) is 23.0. The molecule has 0 aromatic heterocycles. The molecule has 0 amide bonds. The van der Waals surface area contributed by atoms with Crippen LogP contribution in [-0.2, 0) is 0 Å². The van der Waals surface area contributed by atoms with E-state index in [-0.39, 0.29) is 0 Å². The van der Waals surface area contributed by atoms with Crippen LogP contribution in [-0.4, -0.2) is 0 Å². The first-order chi connectivity index (χ1) is 11.7. The van der Waals surface area contributed by atoms with E-state index in [1.54, 1.807) is 0 Å². The zero-order valence-electron chi connectivity index (χ0n) is 16.3. The minimum Gasteiger partial charge on any atom is -0.0988 e. The van der Waals surface area contributed by atoms with E-state index in [4.69, 9.17) is 0 Å². The quantitative estimate of drug-likeness (QED) is 0.164. The molecule has 0 unspecified atom stereocenters. The first-order valence-corrected chi connectivity index (χ1v) is 10.3. The lowest BCUT2D eigenvalue weighted by atomic mass is 10.0. The topological polar surface area (TPSA) is 0 Å². The molecular weight excluding hydrogens is 288 g/mol. The van der Waals surface area contributed by atoms with Gasteiger partial charge in [-0.25, -0.2) is 0 Å². The SMILES string of the molecule is C=CC(=C)CCCCCCCCCCCCCCCCC(=C)C=C. The van der Waals surface area contributed by atoms with Crippen LogP contribution < -0.4 is 0 Å². The molecule has 0 heteroatoms. The van der Waals surface area contributed by atoms with Crippen molar-refractivity contribution < 1.29 is 0 Å². The molecule has 0 heterocycles. The Hall–Kier alpha value is -1.04. The molecule has 0 fully saturated rings. The van der Waals surface area contributed by atoms with Crippen molar-refractivity contribution in [2.45, 2.75) is 103 Å². The van der Waals surface area contributed by atoms with Gasteiger partial charge >= 0.3 is 0 Å². The van der Waals surface area contributed by atoms with E-state index in [1.165, 1.54) is 101 Å². The van der Waals surface area contributed by atoms with Gasteiger partial charge in [-0.3, -0.25) is 0 Å². The molecule has 0 nitrogen and oxygen atoms in total. The van der Waals surface area contributed by atoms with Crippen LogP contribution in [0, 0.1) is 0 Å². The number of unbranched alkanes of at least 4 members (excludes halogenated alkanes) is 13. The Labute approximate surface area is 152 Å². The normalized spacial score (nSPS) is 10.5. The lowest BCUT2D eigenvalue weighted by Crippen LogP contribution is -1.84. The van der Waals surface area contributed by atoms with Gasteiger partial charge in [0.1, 0.15) is 0 Å². The third kappa shape index (κ3) is 17.3. The van der Waals surface area contributed by atoms with Gasteiger partial charge in [-0.1, -0.05) is 127 Å². The Morgan fingerprint density at radius 1 is 0.417 bits per heavy atom. The molecule has 0 aromatic carbocycles. The highest BCUT2D eigenvalue weighted by Crippen LogP contribution is 2.15. The maximum atomic E-state index is 3.96. The summed E-state index contributed by atoms with van der Waals surface area (Å²) in [5, 5.41) is 0. The average molecular weight is 331 g/mol. The number of hydrogen-bond donors (Lipinski definition) is 0. The fourth-order valence-corrected chi connectivity index (χ4v) is 3.03. The van der Waals surface area contributed by atoms with Crippen LogP contribution in [0.5, 0.6) is 0 Å². The van der Waals surface area contributed by atoms with Crippen molar-refractivity contribution >= 4 is 0 Å². The second-order valence-corrected chi connectivity index (χ2v) is 7.17. The van der Waals surface area contributed by atoms with Gasteiger partial charge in [-0.2, -0.15) is 0 Å². The minimum absolute atomic E-state index is 1.13. The van der Waals surface area contributed by atoms with Crippen LogP contribution in [0.15, 0.2) is 49.6 Å². The summed E-state index contributed by atoms with van der Waals surface area (Å²) in [4.78, 5) is 0. The fraction of sp³-hybridized carbons (Fsp3) is 0.667. The monoisotopic (exact) mass is 330 g/mol. The Balaban J connectivity index is 3.07. The van der Waals surface area contributed by atoms with Crippen molar-refractivity contribution in [2.24, 2.45) is 0 Å². The molecule has 0 saturated heterocycles. The summed E-state index contributed by atoms with van der Waals surface area (Å²) < 4.78 is 0. The van der Waals surface area contributed by atoms with E-state index in [1.807, 2.05) is 12.2 Å². The Morgan fingerprint density at radius 3 is 0.833 bits per heavy atom. The molecule has 0 aromatic rings. The van der Waals surface area contributed by atoms with Crippen molar-refractivity contribution in [3.63, 3.8) is 0 Å². The molecule has 0 rings (SSSR count). The third-order valence-corrected chi connectivity index (χ3v) is 4.82. The van der Waals surface area contributed by atoms with Gasteiger partial charge in [0.05, 0.1) is 0 Å². The lowest BCUT2D eigenvalue weighted by Gasteiger charge is -2.04. The van der Waals surface area contributed by atoms with Gasteiger partial charge in [0.25, 0.3) is 0 Å². The number of rotatable bonds is 19. The molecule has 138 valence electrons. The maximum absolute atomic E-state index is 3.96. The second-order valence-electron chi connectivity index (χ2n) is 7.17. The van der Waals surface area contributed by atoms with Gasteiger partial charge in [0.15, 0.2) is 0 Å². The minimum atomic E-state index is 1.13. The maximum Gasteiger partial charge on any atom is -0.0285 e. The van der Waals surface area contributed by atoms with Crippen LogP contribution in [0.25, 0.3) is 0 Å². The number of allylic oxidation sites excluding steroid dienone is 4. The summed E-state index contributed by atoms with van der Waals surface area (Å²) in [6.07, 6.45) is 25.5. The largest absolute Gasteiger partial charge is 0.0988 e. The molecule has 0 aliphatic rings. The average Bonchev–Trinajstić information content (AvgIpc) is 2.60. The highest BCUT2D eigenvalue weighted by Gasteiger charge is 1.95. The van der Waals surface area contributed by atoms with Crippen LogP contribution >= 0.6 is 0 Å². The smallest absolute Gasteiger partial charge is 0.0285 e. The van der Waals surface area contributed by atoms with Gasteiger partial charge in [-0.05, 0) is 25.7 Å². The second kappa shape index (κ2) is 18.3. The van der Waals surface area contributed by atoms with Gasteiger partial charge in [0.2, 0.25) is 0 Å². The molecule has 24 heavy (non-hydrogen) atoms. The van der Waals surface area contributed by atoms with E-state index in [9.17, 15) is 0 Å². The van der Waals surface area contributed by atoms with Crippen LogP contribution in [0.3, 0.4) is 0 Å². The molecule has 0 N–H and O–H groups in total. The third-order valence-electron chi connectivity index (χ3n) is 4.82. The van der Waals surface area contributed by atoms with Crippen molar-refractivity contribution in [1.82, 2.24) is 0 Å². The Bertz CT molecular complexity index is 300. The molecule has 0 aliphatic carbocycles. The Morgan fingerprint density at radius 2 is 0.625 bits per heavy atom. The summed E-state index contributed by atoms with van der Waals surface area (Å²) in [5.74, 6) is 0. The van der Waals surface area contributed by atoms with Crippen LogP contribution in [0.2, 0.25) is 0 Å². The molecule has 0 bridgehead atoms. The molecule has 0 saturated carbocycles. The summed E-state index contributed by atoms with van der Waals surface area (Å²) in [5.41, 5.74) is 2.38. The van der Waals surface area contributed by atoms with E-state index in [0.717, 1.165) is 12.8 Å². The predicted octanol–water partition coefficient (Wildman–Crippen LogP) is 8.71. The highest BCUT2D eigenvalue weighted by molar-refractivity contribution is 5.10. The van der Waals surface area contributed by atoms with Crippen molar-refractivity contribution in [3.8, 4) is 0 Å². The zero-order valence-corrected chi connectivity index (χ0v) is 16.3. The fourth-order valence-electron chi connectivity index (χ4n) is 3.03. The summed E-state index contributed by atoms with van der Waals surface area (Å²) in [6.45, 7) is 15.4. The zero-order chi connectivity index (χ0) is 17.9. The van der Waals surface area contributed by atoms with Crippen molar-refractivity contribution in [2.75, 3.05) is 0 Å². The van der Waals surface area contributed by atoms with E-state index in [0.29, 0.717) is 0 Å².